The molecule has 2 aromatic carbocycles. The number of nitrogens with zero attached hydrogens (tertiary/aromatic N) is 2. The molecular formula is C36H44N4O5. The molecule has 2 fully saturated rings. The summed E-state index contributed by atoms with van der Waals surface area (Å²) in [7, 11) is 1.85. The van der Waals surface area contributed by atoms with Gasteiger partial charge in [-0.1, -0.05) is 6.07 Å². The van der Waals surface area contributed by atoms with E-state index in [1.54, 1.807) is 4.90 Å². The fourth-order valence-electron chi connectivity index (χ4n) is 7.53. The number of likely N-dealkylation sites (N-methyl/N-ethyl adjacent to an activating group) is 1. The molecule has 2 amide bonds. The third-order valence-electron chi connectivity index (χ3n) is 10.1. The molecule has 3 aliphatic rings. The van der Waals surface area contributed by atoms with Crippen LogP contribution in [-0.4, -0.2) is 62.9 Å². The summed E-state index contributed by atoms with van der Waals surface area (Å²) in [6, 6.07) is 12.6. The predicted molar refractivity (Wildman–Crippen MR) is 176 cm³/mol. The summed E-state index contributed by atoms with van der Waals surface area (Å²) in [4.78, 5) is 47.2. The Hall–Kier alpha value is -3.95. The topological polar surface area (TPSA) is 104 Å². The van der Waals surface area contributed by atoms with Crippen LogP contribution in [0.1, 0.15) is 70.9 Å². The maximum atomic E-state index is 13.9. The molecule has 3 aliphatic heterocycles. The van der Waals surface area contributed by atoms with Crippen LogP contribution in [0.3, 0.4) is 0 Å². The number of carbonyl (C=O) groups excluding carboxylic acids is 2. The van der Waals surface area contributed by atoms with Crippen LogP contribution in [-0.2, 0) is 26.2 Å². The van der Waals surface area contributed by atoms with Gasteiger partial charge < -0.3 is 29.6 Å². The molecule has 6 rings (SSSR count). The van der Waals surface area contributed by atoms with Gasteiger partial charge in [-0.3, -0.25) is 14.4 Å². The summed E-state index contributed by atoms with van der Waals surface area (Å²) in [5.74, 6) is -0.101. The molecule has 238 valence electrons. The monoisotopic (exact) mass is 612 g/mol. The van der Waals surface area contributed by atoms with Gasteiger partial charge in [0.05, 0.1) is 5.41 Å². The Labute approximate surface area is 264 Å². The molecular weight excluding hydrogens is 568 g/mol. The van der Waals surface area contributed by atoms with E-state index in [4.69, 9.17) is 9.47 Å². The van der Waals surface area contributed by atoms with E-state index in [9.17, 15) is 14.4 Å². The number of ether oxygens (including phenoxy) is 2. The van der Waals surface area contributed by atoms with Gasteiger partial charge in [-0.15, -0.1) is 0 Å². The van der Waals surface area contributed by atoms with E-state index in [2.05, 4.69) is 40.3 Å². The third kappa shape index (κ3) is 5.57. The lowest BCUT2D eigenvalue weighted by Gasteiger charge is -2.37. The van der Waals surface area contributed by atoms with Gasteiger partial charge in [0, 0.05) is 80.8 Å². The summed E-state index contributed by atoms with van der Waals surface area (Å²) in [6.07, 6.45) is 3.16. The van der Waals surface area contributed by atoms with Crippen LogP contribution in [0.15, 0.2) is 41.2 Å². The number of benzene rings is 2. The number of fused-ring (bicyclic) bond motifs is 2. The van der Waals surface area contributed by atoms with E-state index in [0.29, 0.717) is 43.2 Å². The molecule has 9 heteroatoms. The highest BCUT2D eigenvalue weighted by molar-refractivity contribution is 6.08. The zero-order valence-corrected chi connectivity index (χ0v) is 27.0. The zero-order valence-electron chi connectivity index (χ0n) is 27.0. The van der Waals surface area contributed by atoms with Crippen LogP contribution >= 0.6 is 0 Å². The van der Waals surface area contributed by atoms with Crippen molar-refractivity contribution in [2.75, 3.05) is 49.8 Å². The van der Waals surface area contributed by atoms with E-state index in [1.807, 2.05) is 46.0 Å². The van der Waals surface area contributed by atoms with Crippen molar-refractivity contribution in [3.63, 3.8) is 0 Å². The van der Waals surface area contributed by atoms with Crippen LogP contribution < -0.4 is 20.7 Å². The molecule has 0 unspecified atom stereocenters. The van der Waals surface area contributed by atoms with Crippen LogP contribution in [0.4, 0.5) is 11.4 Å². The summed E-state index contributed by atoms with van der Waals surface area (Å²) in [5.41, 5.74) is 7.77. The summed E-state index contributed by atoms with van der Waals surface area (Å²) < 4.78 is 11.3. The van der Waals surface area contributed by atoms with Crippen molar-refractivity contribution in [1.82, 2.24) is 10.3 Å². The first-order valence-electron chi connectivity index (χ1n) is 16.1. The largest absolute Gasteiger partial charge is 0.381 e. The molecule has 1 aromatic heterocycles. The SMILES string of the molecule is CCN(c1cc(-c2ccc3c(c2)C2(CCOCC2)C(=O)N3C)cc(C(=O)NCc2c(C)cc(C)[nH]c2=O)c1C)C1CCOCC1. The molecule has 4 heterocycles. The van der Waals surface area contributed by atoms with Gasteiger partial charge in [0.15, 0.2) is 0 Å². The van der Waals surface area contributed by atoms with Gasteiger partial charge in [-0.25, -0.2) is 0 Å². The molecule has 1 spiro atoms. The number of nitrogens with one attached hydrogen (secondary N) is 2. The quantitative estimate of drug-likeness (QED) is 0.393. The van der Waals surface area contributed by atoms with Crippen molar-refractivity contribution >= 4 is 23.2 Å². The average Bonchev–Trinajstić information content (AvgIpc) is 3.23. The highest BCUT2D eigenvalue weighted by atomic mass is 16.5. The number of aryl methyl sites for hydroxylation is 2. The van der Waals surface area contributed by atoms with E-state index in [-0.39, 0.29) is 23.9 Å². The molecule has 0 radical (unpaired) electrons. The minimum absolute atomic E-state index is 0.126. The number of aromatic amines is 1. The molecule has 9 nitrogen and oxygen atoms in total. The van der Waals surface area contributed by atoms with Crippen molar-refractivity contribution < 1.29 is 19.1 Å². The van der Waals surface area contributed by atoms with E-state index >= 15 is 0 Å². The standard InChI is InChI=1S/C36H44N4O5/c1-6-40(27-9-13-44-14-10-27)32-20-26(18-28(24(32)4)33(41)37-21-29-22(2)17-23(3)38-34(29)42)25-7-8-31-30(19-25)36(35(43)39(31)5)11-15-45-16-12-36/h7-8,17-20,27H,6,9-16,21H2,1-5H3,(H,37,41)(H,38,42). The van der Waals surface area contributed by atoms with Gasteiger partial charge in [0.2, 0.25) is 5.91 Å². The van der Waals surface area contributed by atoms with Crippen molar-refractivity contribution in [3.05, 3.63) is 80.3 Å². The van der Waals surface area contributed by atoms with Gasteiger partial charge in [0.25, 0.3) is 11.5 Å². The number of hydrogen-bond donors (Lipinski definition) is 2. The maximum absolute atomic E-state index is 13.9. The van der Waals surface area contributed by atoms with Gasteiger partial charge in [0.1, 0.15) is 0 Å². The number of anilines is 2. The molecule has 0 saturated carbocycles. The second-order valence-electron chi connectivity index (χ2n) is 12.7. The van der Waals surface area contributed by atoms with Gasteiger partial charge >= 0.3 is 0 Å². The summed E-state index contributed by atoms with van der Waals surface area (Å²) in [6.45, 7) is 11.4. The Morgan fingerprint density at radius 2 is 1.71 bits per heavy atom. The molecule has 3 aromatic rings. The normalized spacial score (nSPS) is 17.9. The van der Waals surface area contributed by atoms with E-state index < -0.39 is 5.41 Å². The molecule has 2 N–H and O–H groups in total. The minimum Gasteiger partial charge on any atom is -0.381 e. The Balaban J connectivity index is 1.43. The number of pyridine rings is 1. The van der Waals surface area contributed by atoms with Crippen molar-refractivity contribution in [2.45, 2.75) is 71.4 Å². The van der Waals surface area contributed by atoms with Gasteiger partial charge in [-0.05, 0) is 112 Å². The number of hydrogen-bond acceptors (Lipinski definition) is 6. The molecule has 0 atom stereocenters. The number of aromatic nitrogens is 1. The van der Waals surface area contributed by atoms with Crippen LogP contribution in [0.25, 0.3) is 11.1 Å². The third-order valence-corrected chi connectivity index (χ3v) is 10.1. The highest BCUT2D eigenvalue weighted by Gasteiger charge is 2.50. The lowest BCUT2D eigenvalue weighted by Crippen LogP contribution is -2.42. The Bertz CT molecular complexity index is 1680. The first-order chi connectivity index (χ1) is 21.6. The predicted octanol–water partition coefficient (Wildman–Crippen LogP) is 4.93. The lowest BCUT2D eigenvalue weighted by molar-refractivity contribution is -0.126. The molecule has 0 aliphatic carbocycles. The smallest absolute Gasteiger partial charge is 0.253 e. The van der Waals surface area contributed by atoms with Crippen LogP contribution in [0, 0.1) is 20.8 Å². The van der Waals surface area contributed by atoms with Crippen LogP contribution in [0.5, 0.6) is 0 Å². The fraction of sp³-hybridized carbons (Fsp3) is 0.472. The first kappa shape index (κ1) is 31.0. The molecule has 45 heavy (non-hydrogen) atoms. The molecule has 2 saturated heterocycles. The minimum atomic E-state index is -0.581. The second kappa shape index (κ2) is 12.4. The Morgan fingerprint density at radius 3 is 2.40 bits per heavy atom. The number of carbonyl (C=O) groups is 2. The van der Waals surface area contributed by atoms with Crippen molar-refractivity contribution in [2.24, 2.45) is 0 Å². The Morgan fingerprint density at radius 1 is 1.00 bits per heavy atom. The average molecular weight is 613 g/mol. The van der Waals surface area contributed by atoms with Crippen molar-refractivity contribution in [3.8, 4) is 11.1 Å². The fourth-order valence-corrected chi connectivity index (χ4v) is 7.53. The summed E-state index contributed by atoms with van der Waals surface area (Å²) in [5, 5.41) is 3.04. The second-order valence-corrected chi connectivity index (χ2v) is 12.7. The van der Waals surface area contributed by atoms with E-state index in [1.165, 1.54) is 0 Å². The number of amides is 2. The summed E-state index contributed by atoms with van der Waals surface area (Å²) >= 11 is 0. The maximum Gasteiger partial charge on any atom is 0.253 e. The lowest BCUT2D eigenvalue weighted by atomic mass is 9.74. The van der Waals surface area contributed by atoms with Crippen molar-refractivity contribution in [1.29, 1.82) is 0 Å². The molecule has 0 bridgehead atoms. The van der Waals surface area contributed by atoms with Gasteiger partial charge in [-0.2, -0.15) is 0 Å². The van der Waals surface area contributed by atoms with Crippen LogP contribution in [0.2, 0.25) is 0 Å². The zero-order chi connectivity index (χ0) is 31.9. The number of rotatable bonds is 7. The Kier molecular flexibility index (Phi) is 8.59. The highest BCUT2D eigenvalue weighted by Crippen LogP contribution is 2.48. The van der Waals surface area contributed by atoms with E-state index in [0.717, 1.165) is 77.5 Å². The first-order valence-corrected chi connectivity index (χ1v) is 16.1. The number of H-pyrrole nitrogens is 1.